The number of rotatable bonds is 11. The van der Waals surface area contributed by atoms with Crippen LogP contribution in [0.1, 0.15) is 37.8 Å². The molecule has 2 N–H and O–H groups in total. The lowest BCUT2D eigenvalue weighted by atomic mass is 9.83. The van der Waals surface area contributed by atoms with Crippen LogP contribution in [-0.4, -0.2) is 54.5 Å². The van der Waals surface area contributed by atoms with Crippen molar-refractivity contribution in [3.05, 3.63) is 46.7 Å². The number of aromatic nitrogens is 2. The first kappa shape index (κ1) is 23.9. The first-order chi connectivity index (χ1) is 15.4. The quantitative estimate of drug-likeness (QED) is 0.499. The van der Waals surface area contributed by atoms with E-state index in [0.29, 0.717) is 42.4 Å². The van der Waals surface area contributed by atoms with Gasteiger partial charge in [0.15, 0.2) is 5.82 Å². The SMILES string of the molecule is C/N=C/c1cccc(CNc2ncnc(OC[C@H]3C[C@H](OC[C@H](C)NC(C)=O)C3)c2Cl)c1. The van der Waals surface area contributed by atoms with Crippen LogP contribution in [0, 0.1) is 5.92 Å². The van der Waals surface area contributed by atoms with Crippen molar-refractivity contribution in [2.75, 3.05) is 25.6 Å². The standard InChI is InChI=1S/C23H30ClN5O3/c1-15(29-16(2)30)12-31-20-8-19(9-20)13-32-23-21(24)22(27-14-28-23)26-11-18-6-4-5-17(7-18)10-25-3/h4-7,10,14-15,19-20H,8-9,11-13H2,1-3H3,(H,29,30)(H,26,27,28)/b25-10+/t15-,19-,20-/m0/s1. The van der Waals surface area contributed by atoms with E-state index in [1.807, 2.05) is 31.3 Å². The van der Waals surface area contributed by atoms with Gasteiger partial charge in [-0.2, -0.15) is 0 Å². The molecule has 32 heavy (non-hydrogen) atoms. The first-order valence-corrected chi connectivity index (χ1v) is 11.1. The first-order valence-electron chi connectivity index (χ1n) is 10.7. The van der Waals surface area contributed by atoms with E-state index in [1.54, 1.807) is 7.05 Å². The van der Waals surface area contributed by atoms with E-state index >= 15 is 0 Å². The predicted molar refractivity (Wildman–Crippen MR) is 126 cm³/mol. The number of carbonyl (C=O) groups is 1. The topological polar surface area (TPSA) is 97.7 Å². The van der Waals surface area contributed by atoms with Gasteiger partial charge in [0, 0.05) is 32.8 Å². The van der Waals surface area contributed by atoms with Crippen molar-refractivity contribution in [3.8, 4) is 5.88 Å². The second-order valence-electron chi connectivity index (χ2n) is 8.03. The summed E-state index contributed by atoms with van der Waals surface area (Å²) in [6.07, 6.45) is 5.29. The van der Waals surface area contributed by atoms with Crippen molar-refractivity contribution in [3.63, 3.8) is 0 Å². The Kier molecular flexibility index (Phi) is 8.81. The highest BCUT2D eigenvalue weighted by Crippen LogP contribution is 2.33. The number of ether oxygens (including phenoxy) is 2. The summed E-state index contributed by atoms with van der Waals surface area (Å²) in [6, 6.07) is 8.08. The molecule has 3 rings (SSSR count). The zero-order chi connectivity index (χ0) is 22.9. The maximum absolute atomic E-state index is 11.0. The molecule has 0 bridgehead atoms. The van der Waals surface area contributed by atoms with Crippen molar-refractivity contribution in [1.82, 2.24) is 15.3 Å². The van der Waals surface area contributed by atoms with Crippen LogP contribution in [0.15, 0.2) is 35.6 Å². The number of aliphatic imine (C=N–C) groups is 1. The summed E-state index contributed by atoms with van der Waals surface area (Å²) >= 11 is 6.46. The van der Waals surface area contributed by atoms with Crippen molar-refractivity contribution < 1.29 is 14.3 Å². The highest BCUT2D eigenvalue weighted by Gasteiger charge is 2.31. The van der Waals surface area contributed by atoms with Crippen LogP contribution >= 0.6 is 11.6 Å². The number of hydrogen-bond acceptors (Lipinski definition) is 7. The lowest BCUT2D eigenvalue weighted by molar-refractivity contribution is -0.120. The van der Waals surface area contributed by atoms with Crippen LogP contribution in [0.25, 0.3) is 0 Å². The Hall–Kier alpha value is -2.71. The fourth-order valence-corrected chi connectivity index (χ4v) is 3.73. The summed E-state index contributed by atoms with van der Waals surface area (Å²) in [5.74, 6) is 1.25. The normalized spacial score (nSPS) is 18.8. The molecule has 9 heteroatoms. The lowest BCUT2D eigenvalue weighted by Gasteiger charge is -2.35. The van der Waals surface area contributed by atoms with Gasteiger partial charge in [-0.3, -0.25) is 9.79 Å². The van der Waals surface area contributed by atoms with Crippen molar-refractivity contribution in [2.24, 2.45) is 10.9 Å². The minimum Gasteiger partial charge on any atom is -0.476 e. The number of halogens is 1. The van der Waals surface area contributed by atoms with Gasteiger partial charge in [0.25, 0.3) is 0 Å². The average molecular weight is 460 g/mol. The number of benzene rings is 1. The third kappa shape index (κ3) is 7.17. The summed E-state index contributed by atoms with van der Waals surface area (Å²) in [7, 11) is 1.75. The van der Waals surface area contributed by atoms with E-state index < -0.39 is 0 Å². The molecule has 1 aromatic carbocycles. The largest absolute Gasteiger partial charge is 0.476 e. The van der Waals surface area contributed by atoms with Crippen molar-refractivity contribution in [2.45, 2.75) is 45.4 Å². The van der Waals surface area contributed by atoms with E-state index in [1.165, 1.54) is 13.3 Å². The van der Waals surface area contributed by atoms with Crippen LogP contribution in [-0.2, 0) is 16.1 Å². The second-order valence-corrected chi connectivity index (χ2v) is 8.41. The highest BCUT2D eigenvalue weighted by molar-refractivity contribution is 6.34. The summed E-state index contributed by atoms with van der Waals surface area (Å²) in [4.78, 5) is 23.5. The summed E-state index contributed by atoms with van der Waals surface area (Å²) in [5, 5.41) is 6.43. The Morgan fingerprint density at radius 3 is 2.94 bits per heavy atom. The van der Waals surface area contributed by atoms with Crippen LogP contribution in [0.3, 0.4) is 0 Å². The summed E-state index contributed by atoms with van der Waals surface area (Å²) in [6.45, 7) is 5.04. The van der Waals surface area contributed by atoms with Gasteiger partial charge in [0.2, 0.25) is 11.8 Å². The molecule has 1 aliphatic rings. The average Bonchev–Trinajstić information content (AvgIpc) is 2.72. The second kappa shape index (κ2) is 11.8. The fourth-order valence-electron chi connectivity index (χ4n) is 3.51. The molecule has 1 fully saturated rings. The molecule has 1 aliphatic carbocycles. The molecule has 1 aromatic heterocycles. The Bertz CT molecular complexity index is 934. The molecular formula is C23H30ClN5O3. The lowest BCUT2D eigenvalue weighted by Crippen LogP contribution is -2.40. The number of amides is 1. The third-order valence-corrected chi connectivity index (χ3v) is 5.47. The third-order valence-electron chi connectivity index (χ3n) is 5.13. The molecule has 172 valence electrons. The number of hydrogen-bond donors (Lipinski definition) is 2. The van der Waals surface area contributed by atoms with E-state index in [-0.39, 0.29) is 18.1 Å². The Morgan fingerprint density at radius 2 is 2.19 bits per heavy atom. The van der Waals surface area contributed by atoms with Crippen LogP contribution < -0.4 is 15.4 Å². The monoisotopic (exact) mass is 459 g/mol. The van der Waals surface area contributed by atoms with E-state index in [9.17, 15) is 4.79 Å². The number of nitrogens with one attached hydrogen (secondary N) is 2. The zero-order valence-corrected chi connectivity index (χ0v) is 19.4. The number of nitrogens with zero attached hydrogens (tertiary/aromatic N) is 3. The minimum atomic E-state index is -0.0453. The van der Waals surface area contributed by atoms with Crippen molar-refractivity contribution in [1.29, 1.82) is 0 Å². The number of carbonyl (C=O) groups excluding carboxylic acids is 1. The van der Waals surface area contributed by atoms with E-state index in [0.717, 1.165) is 24.0 Å². The molecule has 0 saturated heterocycles. The molecule has 0 aliphatic heterocycles. The Labute approximate surface area is 193 Å². The molecule has 1 saturated carbocycles. The van der Waals surface area contributed by atoms with Crippen molar-refractivity contribution >= 4 is 29.5 Å². The van der Waals surface area contributed by atoms with Gasteiger partial charge < -0.3 is 20.1 Å². The van der Waals surface area contributed by atoms with Gasteiger partial charge in [-0.25, -0.2) is 9.97 Å². The summed E-state index contributed by atoms with van der Waals surface area (Å²) < 4.78 is 11.7. The van der Waals surface area contributed by atoms with Gasteiger partial charge in [-0.05, 0) is 42.9 Å². The van der Waals surface area contributed by atoms with Crippen LogP contribution in [0.4, 0.5) is 5.82 Å². The highest BCUT2D eigenvalue weighted by atomic mass is 35.5. The predicted octanol–water partition coefficient (Wildman–Crippen LogP) is 3.49. The number of anilines is 1. The maximum Gasteiger partial charge on any atom is 0.237 e. The molecule has 1 heterocycles. The zero-order valence-electron chi connectivity index (χ0n) is 18.7. The molecule has 1 amide bonds. The summed E-state index contributed by atoms with van der Waals surface area (Å²) in [5.41, 5.74) is 2.13. The van der Waals surface area contributed by atoms with E-state index in [2.05, 4.69) is 31.7 Å². The molecule has 0 radical (unpaired) electrons. The molecule has 0 spiro atoms. The van der Waals surface area contributed by atoms with Gasteiger partial charge in [0.05, 0.1) is 19.3 Å². The van der Waals surface area contributed by atoms with Gasteiger partial charge in [-0.15, -0.1) is 0 Å². The molecule has 8 nitrogen and oxygen atoms in total. The van der Waals surface area contributed by atoms with Crippen LogP contribution in [0.2, 0.25) is 5.02 Å². The van der Waals surface area contributed by atoms with E-state index in [4.69, 9.17) is 21.1 Å². The maximum atomic E-state index is 11.0. The Morgan fingerprint density at radius 1 is 1.38 bits per heavy atom. The fraction of sp³-hybridized carbons (Fsp3) is 0.478. The van der Waals surface area contributed by atoms with Gasteiger partial charge >= 0.3 is 0 Å². The molecular weight excluding hydrogens is 430 g/mol. The van der Waals surface area contributed by atoms with Gasteiger partial charge in [0.1, 0.15) is 11.3 Å². The molecule has 2 aromatic rings. The Balaban J connectivity index is 1.43. The smallest absolute Gasteiger partial charge is 0.237 e. The molecule has 1 atom stereocenters. The van der Waals surface area contributed by atoms with Crippen LogP contribution in [0.5, 0.6) is 5.88 Å². The minimum absolute atomic E-state index is 0.01000. The molecule has 0 unspecified atom stereocenters. The van der Waals surface area contributed by atoms with Gasteiger partial charge in [-0.1, -0.05) is 29.8 Å².